The molecule has 2 N–H and O–H groups in total. The molecule has 20 heavy (non-hydrogen) atoms. The summed E-state index contributed by atoms with van der Waals surface area (Å²) in [6.07, 6.45) is 0. The standard InChI is InChI=1S/C14H18BrN3O2/c1-8(2)14-17-13(20-18-14)7-19-12-6-10(15)4-5-11(12)9(3)16/h4-6,8-9H,7,16H2,1-3H3. The summed E-state index contributed by atoms with van der Waals surface area (Å²) in [5.74, 6) is 2.10. The van der Waals surface area contributed by atoms with Crippen molar-refractivity contribution >= 4 is 15.9 Å². The summed E-state index contributed by atoms with van der Waals surface area (Å²) < 4.78 is 11.8. The molecule has 0 amide bonds. The fourth-order valence-corrected chi connectivity index (χ4v) is 2.05. The van der Waals surface area contributed by atoms with Crippen molar-refractivity contribution in [3.8, 4) is 5.75 Å². The van der Waals surface area contributed by atoms with E-state index in [2.05, 4.69) is 26.1 Å². The first-order valence-corrected chi connectivity index (χ1v) is 7.27. The minimum Gasteiger partial charge on any atom is -0.483 e. The molecule has 1 aromatic carbocycles. The summed E-state index contributed by atoms with van der Waals surface area (Å²) in [6.45, 7) is 6.17. The number of halogens is 1. The molecule has 0 aliphatic heterocycles. The number of nitrogens with two attached hydrogens (primary N) is 1. The molecule has 2 aromatic rings. The third-order valence-electron chi connectivity index (χ3n) is 2.82. The Balaban J connectivity index is 2.11. The maximum Gasteiger partial charge on any atom is 0.264 e. The predicted molar refractivity (Wildman–Crippen MR) is 79.5 cm³/mol. The maximum absolute atomic E-state index is 5.93. The second-order valence-corrected chi connectivity index (χ2v) is 5.88. The Bertz CT molecular complexity index is 582. The Kier molecular flexibility index (Phi) is 4.77. The highest BCUT2D eigenvalue weighted by atomic mass is 79.9. The third-order valence-corrected chi connectivity index (χ3v) is 3.31. The van der Waals surface area contributed by atoms with Crippen LogP contribution in [0.15, 0.2) is 27.2 Å². The van der Waals surface area contributed by atoms with Crippen molar-refractivity contribution in [2.75, 3.05) is 0 Å². The van der Waals surface area contributed by atoms with E-state index in [4.69, 9.17) is 15.0 Å². The van der Waals surface area contributed by atoms with Gasteiger partial charge in [0.25, 0.3) is 5.89 Å². The topological polar surface area (TPSA) is 74.2 Å². The molecule has 0 fully saturated rings. The Labute approximate surface area is 126 Å². The lowest BCUT2D eigenvalue weighted by Crippen LogP contribution is -2.08. The number of hydrogen-bond acceptors (Lipinski definition) is 5. The molecule has 1 unspecified atom stereocenters. The highest BCUT2D eigenvalue weighted by Crippen LogP contribution is 2.28. The molecule has 1 atom stereocenters. The van der Waals surface area contributed by atoms with Crippen LogP contribution in [0.4, 0.5) is 0 Å². The highest BCUT2D eigenvalue weighted by molar-refractivity contribution is 9.10. The van der Waals surface area contributed by atoms with Crippen molar-refractivity contribution in [1.29, 1.82) is 0 Å². The smallest absolute Gasteiger partial charge is 0.264 e. The van der Waals surface area contributed by atoms with E-state index in [1.165, 1.54) is 0 Å². The average molecular weight is 340 g/mol. The van der Waals surface area contributed by atoms with Gasteiger partial charge < -0.3 is 15.0 Å². The van der Waals surface area contributed by atoms with Gasteiger partial charge in [-0.2, -0.15) is 4.98 Å². The second kappa shape index (κ2) is 6.37. The molecule has 5 nitrogen and oxygen atoms in total. The molecule has 0 saturated carbocycles. The fourth-order valence-electron chi connectivity index (χ4n) is 1.71. The van der Waals surface area contributed by atoms with E-state index < -0.39 is 0 Å². The lowest BCUT2D eigenvalue weighted by atomic mass is 10.1. The van der Waals surface area contributed by atoms with E-state index >= 15 is 0 Å². The zero-order valence-electron chi connectivity index (χ0n) is 11.8. The molecule has 2 rings (SSSR count). The number of benzene rings is 1. The first-order chi connectivity index (χ1) is 9.47. The Morgan fingerprint density at radius 1 is 1.35 bits per heavy atom. The monoisotopic (exact) mass is 339 g/mol. The van der Waals surface area contributed by atoms with Gasteiger partial charge in [-0.1, -0.05) is 41.0 Å². The SMILES string of the molecule is CC(C)c1noc(COc2cc(Br)ccc2C(C)N)n1. The first-order valence-electron chi connectivity index (χ1n) is 6.47. The normalized spacial score (nSPS) is 12.7. The van der Waals surface area contributed by atoms with Gasteiger partial charge in [0.05, 0.1) is 0 Å². The Morgan fingerprint density at radius 2 is 2.10 bits per heavy atom. The van der Waals surface area contributed by atoms with Crippen LogP contribution in [0.2, 0.25) is 0 Å². The molecular weight excluding hydrogens is 322 g/mol. The van der Waals surface area contributed by atoms with Gasteiger partial charge in [-0.25, -0.2) is 0 Å². The Hall–Kier alpha value is -1.40. The van der Waals surface area contributed by atoms with Crippen molar-refractivity contribution in [3.05, 3.63) is 40.0 Å². The molecule has 108 valence electrons. The molecule has 6 heteroatoms. The van der Waals surface area contributed by atoms with Crippen LogP contribution in [0.25, 0.3) is 0 Å². The zero-order valence-corrected chi connectivity index (χ0v) is 13.3. The quantitative estimate of drug-likeness (QED) is 0.901. The summed E-state index contributed by atoms with van der Waals surface area (Å²) >= 11 is 3.42. The molecule has 0 saturated heterocycles. The van der Waals surface area contributed by atoms with Gasteiger partial charge in [0.1, 0.15) is 5.75 Å². The van der Waals surface area contributed by atoms with Crippen molar-refractivity contribution in [3.63, 3.8) is 0 Å². The number of hydrogen-bond donors (Lipinski definition) is 1. The van der Waals surface area contributed by atoms with Gasteiger partial charge in [-0.3, -0.25) is 0 Å². The summed E-state index contributed by atoms with van der Waals surface area (Å²) in [4.78, 5) is 4.28. The first kappa shape index (κ1) is 15.0. The molecule has 0 spiro atoms. The minimum absolute atomic E-state index is 0.105. The minimum atomic E-state index is -0.105. The Morgan fingerprint density at radius 3 is 2.70 bits per heavy atom. The third kappa shape index (κ3) is 3.58. The van der Waals surface area contributed by atoms with Crippen LogP contribution in [0.3, 0.4) is 0 Å². The molecule has 0 radical (unpaired) electrons. The maximum atomic E-state index is 5.93. The molecule has 1 aromatic heterocycles. The van der Waals surface area contributed by atoms with Crippen LogP contribution < -0.4 is 10.5 Å². The van der Waals surface area contributed by atoms with E-state index in [-0.39, 0.29) is 18.6 Å². The van der Waals surface area contributed by atoms with Crippen molar-refractivity contribution in [1.82, 2.24) is 10.1 Å². The van der Waals surface area contributed by atoms with Gasteiger partial charge in [0.2, 0.25) is 0 Å². The molecule has 1 heterocycles. The molecule has 0 aliphatic rings. The summed E-state index contributed by atoms with van der Waals surface area (Å²) in [5.41, 5.74) is 6.87. The lowest BCUT2D eigenvalue weighted by Gasteiger charge is -2.13. The van der Waals surface area contributed by atoms with Crippen LogP contribution in [0, 0.1) is 0 Å². The largest absolute Gasteiger partial charge is 0.483 e. The van der Waals surface area contributed by atoms with Crippen LogP contribution in [-0.2, 0) is 6.61 Å². The molecular formula is C14H18BrN3O2. The van der Waals surface area contributed by atoms with E-state index in [0.29, 0.717) is 11.7 Å². The van der Waals surface area contributed by atoms with Crippen molar-refractivity contribution in [2.24, 2.45) is 5.73 Å². The number of ether oxygens (including phenoxy) is 1. The van der Waals surface area contributed by atoms with E-state index in [0.717, 1.165) is 15.8 Å². The van der Waals surface area contributed by atoms with Gasteiger partial charge in [0, 0.05) is 22.0 Å². The van der Waals surface area contributed by atoms with Gasteiger partial charge in [-0.05, 0) is 19.1 Å². The summed E-state index contributed by atoms with van der Waals surface area (Å²) in [5, 5.41) is 3.90. The average Bonchev–Trinajstić information content (AvgIpc) is 2.85. The van der Waals surface area contributed by atoms with Crippen LogP contribution in [0.5, 0.6) is 5.75 Å². The second-order valence-electron chi connectivity index (χ2n) is 4.96. The van der Waals surface area contributed by atoms with Gasteiger partial charge >= 0.3 is 0 Å². The number of nitrogens with zero attached hydrogens (tertiary/aromatic N) is 2. The van der Waals surface area contributed by atoms with Crippen LogP contribution in [0.1, 0.15) is 50.0 Å². The van der Waals surface area contributed by atoms with E-state index in [9.17, 15) is 0 Å². The highest BCUT2D eigenvalue weighted by Gasteiger charge is 2.13. The van der Waals surface area contributed by atoms with E-state index in [1.54, 1.807) is 0 Å². The van der Waals surface area contributed by atoms with Crippen molar-refractivity contribution in [2.45, 2.75) is 39.3 Å². The number of aromatic nitrogens is 2. The number of rotatable bonds is 5. The zero-order chi connectivity index (χ0) is 14.7. The van der Waals surface area contributed by atoms with Gasteiger partial charge in [-0.15, -0.1) is 0 Å². The van der Waals surface area contributed by atoms with Crippen LogP contribution in [-0.4, -0.2) is 10.1 Å². The van der Waals surface area contributed by atoms with Gasteiger partial charge in [0.15, 0.2) is 12.4 Å². The molecule has 0 bridgehead atoms. The van der Waals surface area contributed by atoms with Crippen molar-refractivity contribution < 1.29 is 9.26 Å². The van der Waals surface area contributed by atoms with E-state index in [1.807, 2.05) is 39.0 Å². The van der Waals surface area contributed by atoms with Crippen LogP contribution >= 0.6 is 15.9 Å². The summed E-state index contributed by atoms with van der Waals surface area (Å²) in [6, 6.07) is 5.66. The summed E-state index contributed by atoms with van der Waals surface area (Å²) in [7, 11) is 0. The predicted octanol–water partition coefficient (Wildman–Crippen LogP) is 3.55. The fraction of sp³-hybridized carbons (Fsp3) is 0.429. The lowest BCUT2D eigenvalue weighted by molar-refractivity contribution is 0.239. The molecule has 0 aliphatic carbocycles.